The summed E-state index contributed by atoms with van der Waals surface area (Å²) < 4.78 is 36.5. The highest BCUT2D eigenvalue weighted by Crippen LogP contribution is 2.17. The van der Waals surface area contributed by atoms with Gasteiger partial charge in [-0.2, -0.15) is 5.26 Å². The standard InChI is InChI=1S/C5H5F3O2.C3H3N/c1-3(2)4(9)10-5(6,7)8;1-2-3-4/h1H2,2H3;2H,1H2. The summed E-state index contributed by atoms with van der Waals surface area (Å²) in [4.78, 5) is 10.1. The van der Waals surface area contributed by atoms with Crippen LogP contribution in [-0.2, 0) is 9.53 Å². The Kier molecular flexibility index (Phi) is 7.07. The predicted octanol–water partition coefficient (Wildman–Crippen LogP) is 2.32. The van der Waals surface area contributed by atoms with Gasteiger partial charge in [0.25, 0.3) is 0 Å². The van der Waals surface area contributed by atoms with Crippen LogP contribution in [0.15, 0.2) is 24.8 Å². The monoisotopic (exact) mass is 207 g/mol. The molecular weight excluding hydrogens is 199 g/mol. The van der Waals surface area contributed by atoms with Gasteiger partial charge in [0.05, 0.1) is 6.07 Å². The molecule has 3 nitrogen and oxygen atoms in total. The minimum atomic E-state index is -4.91. The van der Waals surface area contributed by atoms with E-state index in [2.05, 4.69) is 17.9 Å². The smallest absolute Gasteiger partial charge is 0.369 e. The quantitative estimate of drug-likeness (QED) is 0.376. The van der Waals surface area contributed by atoms with Gasteiger partial charge < -0.3 is 4.74 Å². The molecule has 0 N–H and O–H groups in total. The molecule has 0 saturated heterocycles. The molecule has 0 rings (SSSR count). The number of nitriles is 1. The van der Waals surface area contributed by atoms with E-state index in [4.69, 9.17) is 5.26 Å². The molecule has 0 heterocycles. The maximum atomic E-state index is 11.2. The third kappa shape index (κ3) is 12.9. The summed E-state index contributed by atoms with van der Waals surface area (Å²) in [5.74, 6) is -1.45. The predicted molar refractivity (Wildman–Crippen MR) is 42.8 cm³/mol. The van der Waals surface area contributed by atoms with E-state index in [-0.39, 0.29) is 5.57 Å². The van der Waals surface area contributed by atoms with Crippen LogP contribution in [0.4, 0.5) is 13.2 Å². The second-order valence-corrected chi connectivity index (χ2v) is 1.95. The van der Waals surface area contributed by atoms with Crippen LogP contribution in [-0.4, -0.2) is 12.3 Å². The van der Waals surface area contributed by atoms with Gasteiger partial charge in [0.15, 0.2) is 0 Å². The fourth-order valence-corrected chi connectivity index (χ4v) is 0.192. The minimum Gasteiger partial charge on any atom is -0.369 e. The van der Waals surface area contributed by atoms with Crippen LogP contribution in [0.3, 0.4) is 0 Å². The molecule has 0 aromatic carbocycles. The highest BCUT2D eigenvalue weighted by molar-refractivity contribution is 5.87. The first-order valence-electron chi connectivity index (χ1n) is 3.20. The number of hydrogen-bond acceptors (Lipinski definition) is 3. The molecule has 0 saturated carbocycles. The van der Waals surface area contributed by atoms with Crippen molar-refractivity contribution in [2.45, 2.75) is 13.3 Å². The summed E-state index contributed by atoms with van der Waals surface area (Å²) in [6, 6.07) is 1.69. The fourth-order valence-electron chi connectivity index (χ4n) is 0.192. The Balaban J connectivity index is 0. The molecule has 0 spiro atoms. The van der Waals surface area contributed by atoms with Crippen molar-refractivity contribution in [3.05, 3.63) is 24.8 Å². The van der Waals surface area contributed by atoms with Gasteiger partial charge in [-0.05, 0) is 6.92 Å². The van der Waals surface area contributed by atoms with Crippen molar-refractivity contribution < 1.29 is 22.7 Å². The maximum Gasteiger partial charge on any atom is 0.575 e. The molecule has 0 bridgehead atoms. The average molecular weight is 207 g/mol. The van der Waals surface area contributed by atoms with Crippen molar-refractivity contribution in [1.29, 1.82) is 5.26 Å². The molecule has 0 radical (unpaired) electrons. The number of hydrogen-bond donors (Lipinski definition) is 0. The van der Waals surface area contributed by atoms with Gasteiger partial charge in [0.2, 0.25) is 0 Å². The van der Waals surface area contributed by atoms with E-state index in [0.717, 1.165) is 6.92 Å². The number of halogens is 3. The van der Waals surface area contributed by atoms with Crippen LogP contribution in [0.2, 0.25) is 0 Å². The molecule has 0 atom stereocenters. The van der Waals surface area contributed by atoms with Gasteiger partial charge >= 0.3 is 12.3 Å². The maximum absolute atomic E-state index is 11.2. The first-order chi connectivity index (χ1) is 6.24. The van der Waals surface area contributed by atoms with E-state index in [0.29, 0.717) is 0 Å². The van der Waals surface area contributed by atoms with Gasteiger partial charge in [-0.15, -0.1) is 13.2 Å². The second-order valence-electron chi connectivity index (χ2n) is 1.95. The third-order valence-electron chi connectivity index (χ3n) is 0.648. The van der Waals surface area contributed by atoms with Crippen LogP contribution in [0.1, 0.15) is 6.92 Å². The largest absolute Gasteiger partial charge is 0.575 e. The Bertz CT molecular complexity index is 263. The van der Waals surface area contributed by atoms with Crippen molar-refractivity contribution in [2.75, 3.05) is 0 Å². The van der Waals surface area contributed by atoms with Gasteiger partial charge in [0.1, 0.15) is 0 Å². The van der Waals surface area contributed by atoms with Crippen LogP contribution < -0.4 is 0 Å². The lowest BCUT2D eigenvalue weighted by Crippen LogP contribution is -2.19. The van der Waals surface area contributed by atoms with E-state index < -0.39 is 12.3 Å². The summed E-state index contributed by atoms with van der Waals surface area (Å²) in [6.07, 6.45) is -3.73. The molecule has 0 unspecified atom stereocenters. The molecule has 0 amide bonds. The molecule has 0 fully saturated rings. The van der Waals surface area contributed by atoms with E-state index in [1.54, 1.807) is 6.07 Å². The van der Waals surface area contributed by atoms with Gasteiger partial charge in [0, 0.05) is 11.6 Å². The van der Waals surface area contributed by atoms with Crippen LogP contribution in [0, 0.1) is 11.3 Å². The molecule has 0 aromatic rings. The van der Waals surface area contributed by atoms with Crippen LogP contribution >= 0.6 is 0 Å². The molecular formula is C8H8F3NO2. The normalized spacial score (nSPS) is 8.79. The van der Waals surface area contributed by atoms with E-state index in [1.165, 1.54) is 6.08 Å². The molecule has 0 aliphatic rings. The lowest BCUT2D eigenvalue weighted by Gasteiger charge is -2.05. The highest BCUT2D eigenvalue weighted by atomic mass is 19.4. The van der Waals surface area contributed by atoms with Gasteiger partial charge in [-0.25, -0.2) is 4.79 Å². The number of rotatable bonds is 1. The van der Waals surface area contributed by atoms with Crippen molar-refractivity contribution in [3.8, 4) is 6.07 Å². The third-order valence-corrected chi connectivity index (χ3v) is 0.648. The number of carbonyl (C=O) groups excluding carboxylic acids is 1. The molecule has 14 heavy (non-hydrogen) atoms. The summed E-state index contributed by atoms with van der Waals surface area (Å²) >= 11 is 0. The molecule has 0 aliphatic carbocycles. The molecule has 78 valence electrons. The summed E-state index contributed by atoms with van der Waals surface area (Å²) in [7, 11) is 0. The lowest BCUT2D eigenvalue weighted by atomic mass is 10.4. The second kappa shape index (κ2) is 6.71. The molecule has 0 aliphatic heterocycles. The highest BCUT2D eigenvalue weighted by Gasteiger charge is 2.33. The van der Waals surface area contributed by atoms with Crippen molar-refractivity contribution >= 4 is 5.97 Å². The van der Waals surface area contributed by atoms with E-state index in [1.807, 2.05) is 0 Å². The van der Waals surface area contributed by atoms with Gasteiger partial charge in [-0.1, -0.05) is 13.2 Å². The summed E-state index contributed by atoms with van der Waals surface area (Å²) in [6.45, 7) is 7.22. The van der Waals surface area contributed by atoms with E-state index in [9.17, 15) is 18.0 Å². The number of ether oxygens (including phenoxy) is 1. The van der Waals surface area contributed by atoms with Crippen molar-refractivity contribution in [3.63, 3.8) is 0 Å². The first kappa shape index (κ1) is 14.7. The average Bonchev–Trinajstić information content (AvgIpc) is 2.02. The first-order valence-corrected chi connectivity index (χ1v) is 3.20. The molecule has 0 aromatic heterocycles. The van der Waals surface area contributed by atoms with E-state index >= 15 is 0 Å². The SMILES string of the molecule is C=C(C)C(=O)OC(F)(F)F.C=CC#N. The number of carbonyl (C=O) groups is 1. The number of alkyl halides is 3. The zero-order valence-electron chi connectivity index (χ0n) is 7.39. The number of allylic oxidation sites excluding steroid dienone is 1. The minimum absolute atomic E-state index is 0.280. The number of nitrogens with zero attached hydrogens (tertiary/aromatic N) is 1. The van der Waals surface area contributed by atoms with Crippen molar-refractivity contribution in [1.82, 2.24) is 0 Å². The topological polar surface area (TPSA) is 50.1 Å². The summed E-state index contributed by atoms with van der Waals surface area (Å²) in [5, 5.41) is 7.51. The van der Waals surface area contributed by atoms with Crippen molar-refractivity contribution in [2.24, 2.45) is 0 Å². The Morgan fingerprint density at radius 3 is 2.00 bits per heavy atom. The van der Waals surface area contributed by atoms with Gasteiger partial charge in [-0.3, -0.25) is 0 Å². The Hall–Kier alpha value is -1.77. The zero-order chi connectivity index (χ0) is 11.8. The Labute approximate surface area is 79.1 Å². The Morgan fingerprint density at radius 2 is 1.93 bits per heavy atom. The van der Waals surface area contributed by atoms with Crippen LogP contribution in [0.25, 0.3) is 0 Å². The Morgan fingerprint density at radius 1 is 1.57 bits per heavy atom. The number of esters is 1. The molecule has 6 heteroatoms. The fraction of sp³-hybridized carbons (Fsp3) is 0.250. The lowest BCUT2D eigenvalue weighted by molar-refractivity contribution is -0.303. The summed E-state index contributed by atoms with van der Waals surface area (Å²) in [5.41, 5.74) is -0.280. The zero-order valence-corrected chi connectivity index (χ0v) is 7.39. The van der Waals surface area contributed by atoms with Crippen LogP contribution in [0.5, 0.6) is 0 Å².